The van der Waals surface area contributed by atoms with Crippen molar-refractivity contribution >= 4 is 0 Å². The zero-order valence-corrected chi connectivity index (χ0v) is 37.8. The van der Waals surface area contributed by atoms with Gasteiger partial charge in [0, 0.05) is 23.5 Å². The van der Waals surface area contributed by atoms with Gasteiger partial charge in [-0.2, -0.15) is 0 Å². The van der Waals surface area contributed by atoms with Crippen molar-refractivity contribution in [3.63, 3.8) is 0 Å². The summed E-state index contributed by atoms with van der Waals surface area (Å²) in [6.45, 7) is 9.23. The first-order valence-corrected chi connectivity index (χ1v) is 24.8. The van der Waals surface area contributed by atoms with E-state index in [-0.39, 0.29) is 12.2 Å². The Kier molecular flexibility index (Phi) is 19.0. The molecule has 0 saturated heterocycles. The highest BCUT2D eigenvalue weighted by Gasteiger charge is 2.36. The van der Waals surface area contributed by atoms with Crippen LogP contribution in [-0.4, -0.2) is 9.97 Å². The van der Waals surface area contributed by atoms with E-state index in [2.05, 4.69) is 113 Å². The molecule has 3 heteroatoms. The molecule has 0 bridgehead atoms. The maximum Gasteiger partial charge on any atom is 0.0861 e. The van der Waals surface area contributed by atoms with E-state index < -0.39 is 0 Å². The van der Waals surface area contributed by atoms with Crippen molar-refractivity contribution in [1.29, 1.82) is 0 Å². The van der Waals surface area contributed by atoms with Crippen LogP contribution in [0.25, 0.3) is 22.5 Å². The Labute approximate surface area is 361 Å². The predicted octanol–water partition coefficient (Wildman–Crippen LogP) is 16.8. The fourth-order valence-electron chi connectivity index (χ4n) is 10.3. The van der Waals surface area contributed by atoms with E-state index >= 15 is 0 Å². The molecule has 59 heavy (non-hydrogen) atoms. The van der Waals surface area contributed by atoms with Gasteiger partial charge >= 0.3 is 0 Å². The molecule has 2 saturated carbocycles. The molecule has 3 nitrogen and oxygen atoms in total. The van der Waals surface area contributed by atoms with Crippen molar-refractivity contribution in [1.82, 2.24) is 9.97 Å². The number of aromatic nitrogens is 2. The first kappa shape index (κ1) is 45.2. The van der Waals surface area contributed by atoms with E-state index in [9.17, 15) is 0 Å². The third kappa shape index (κ3) is 13.9. The van der Waals surface area contributed by atoms with Crippen LogP contribution in [0.2, 0.25) is 0 Å². The molecular formula is C56H80N2O. The minimum absolute atomic E-state index is 0.0867. The average Bonchev–Trinajstić information content (AvgIpc) is 3.29. The fourth-order valence-corrected chi connectivity index (χ4v) is 10.3. The Hall–Kier alpha value is -3.30. The Morgan fingerprint density at radius 1 is 0.441 bits per heavy atom. The molecule has 2 unspecified atom stereocenters. The van der Waals surface area contributed by atoms with Crippen LogP contribution in [0, 0.1) is 23.7 Å². The monoisotopic (exact) mass is 797 g/mol. The van der Waals surface area contributed by atoms with Gasteiger partial charge in [-0.25, -0.2) is 0 Å². The highest BCUT2D eigenvalue weighted by atomic mass is 16.5. The van der Waals surface area contributed by atoms with Gasteiger partial charge in [0.25, 0.3) is 0 Å². The van der Waals surface area contributed by atoms with Gasteiger partial charge in [0.05, 0.1) is 23.6 Å². The Balaban J connectivity index is 1.23. The number of benzene rings is 2. The zero-order valence-electron chi connectivity index (χ0n) is 37.8. The van der Waals surface area contributed by atoms with Crippen LogP contribution in [0.15, 0.2) is 85.2 Å². The normalized spacial score (nSPS) is 20.7. The van der Waals surface area contributed by atoms with Crippen molar-refractivity contribution in [3.8, 4) is 22.5 Å². The molecule has 320 valence electrons. The largest absolute Gasteiger partial charge is 0.365 e. The number of rotatable bonds is 24. The lowest BCUT2D eigenvalue weighted by molar-refractivity contribution is -0.0907. The minimum atomic E-state index is 0.0867. The third-order valence-electron chi connectivity index (χ3n) is 14.2. The van der Waals surface area contributed by atoms with Gasteiger partial charge in [0.2, 0.25) is 0 Å². The van der Waals surface area contributed by atoms with Crippen LogP contribution in [0.4, 0.5) is 0 Å². The number of pyridine rings is 2. The Morgan fingerprint density at radius 3 is 1.17 bits per heavy atom. The van der Waals surface area contributed by atoms with Crippen molar-refractivity contribution in [3.05, 3.63) is 107 Å². The number of unbranched alkanes of at least 4 members (excludes halogenated alkanes) is 8. The van der Waals surface area contributed by atoms with E-state index in [1.807, 2.05) is 0 Å². The molecule has 2 aromatic heterocycles. The second-order valence-corrected chi connectivity index (χ2v) is 18.8. The zero-order chi connectivity index (χ0) is 41.1. The number of aryl methyl sites for hydroxylation is 2. The second kappa shape index (κ2) is 24.8. The standard InChI is InChI=1S/C56H80N2O/c1-5-9-13-15-19-45-25-39-53(57-41-45)47-31-35-51(36-32-47)55(49-27-21-43(22-28-49)17-11-7-3)59-56(50-29-23-44(24-30-50)18-12-8-4)52-37-33-48(34-38-52)54-40-26-46(42-58-54)20-16-14-10-6-2/h25-26,31-44,49-50,55-56H,5-24,27-30H2,1-4H3. The summed E-state index contributed by atoms with van der Waals surface area (Å²) in [7, 11) is 0. The molecule has 4 aromatic rings. The molecular weight excluding hydrogens is 717 g/mol. The molecule has 2 fully saturated rings. The minimum Gasteiger partial charge on any atom is -0.365 e. The van der Waals surface area contributed by atoms with E-state index in [1.54, 1.807) is 0 Å². The van der Waals surface area contributed by atoms with Crippen molar-refractivity contribution in [2.24, 2.45) is 23.7 Å². The van der Waals surface area contributed by atoms with Gasteiger partial charge in [-0.05, 0) is 109 Å². The maximum atomic E-state index is 7.74. The topological polar surface area (TPSA) is 35.0 Å². The van der Waals surface area contributed by atoms with E-state index in [0.29, 0.717) is 11.8 Å². The summed E-state index contributed by atoms with van der Waals surface area (Å²) in [4.78, 5) is 9.87. The van der Waals surface area contributed by atoms with Crippen molar-refractivity contribution in [2.45, 2.75) is 194 Å². The molecule has 0 aliphatic heterocycles. The molecule has 0 amide bonds. The number of hydrogen-bond acceptors (Lipinski definition) is 3. The van der Waals surface area contributed by atoms with Crippen LogP contribution in [0.3, 0.4) is 0 Å². The summed E-state index contributed by atoms with van der Waals surface area (Å²) in [5.74, 6) is 2.83. The molecule has 6 rings (SSSR count). The predicted molar refractivity (Wildman–Crippen MR) is 252 cm³/mol. The molecule has 2 heterocycles. The molecule has 2 aliphatic carbocycles. The lowest BCUT2D eigenvalue weighted by atomic mass is 9.74. The van der Waals surface area contributed by atoms with Crippen LogP contribution in [-0.2, 0) is 17.6 Å². The quantitative estimate of drug-likeness (QED) is 0.0663. The summed E-state index contributed by atoms with van der Waals surface area (Å²) >= 11 is 0. The molecule has 0 spiro atoms. The fraction of sp³-hybridized carbons (Fsp3) is 0.607. The maximum absolute atomic E-state index is 7.74. The van der Waals surface area contributed by atoms with Gasteiger partial charge in [0.1, 0.15) is 0 Å². The Bertz CT molecular complexity index is 1570. The van der Waals surface area contributed by atoms with Gasteiger partial charge in [0.15, 0.2) is 0 Å². The average molecular weight is 797 g/mol. The summed E-state index contributed by atoms with van der Waals surface area (Å²) in [5, 5.41) is 0. The highest BCUT2D eigenvalue weighted by Crippen LogP contribution is 2.47. The van der Waals surface area contributed by atoms with Gasteiger partial charge < -0.3 is 4.74 Å². The molecule has 2 atom stereocenters. The van der Waals surface area contributed by atoms with Gasteiger partial charge in [-0.3, -0.25) is 9.97 Å². The number of ether oxygens (including phenoxy) is 1. The molecule has 2 aromatic carbocycles. The van der Waals surface area contributed by atoms with Crippen molar-refractivity contribution < 1.29 is 4.74 Å². The van der Waals surface area contributed by atoms with Crippen LogP contribution < -0.4 is 0 Å². The molecule has 0 radical (unpaired) electrons. The van der Waals surface area contributed by atoms with E-state index in [4.69, 9.17) is 14.7 Å². The summed E-state index contributed by atoms with van der Waals surface area (Å²) in [5.41, 5.74) is 9.92. The summed E-state index contributed by atoms with van der Waals surface area (Å²) < 4.78 is 7.74. The van der Waals surface area contributed by atoms with Crippen LogP contribution >= 0.6 is 0 Å². The smallest absolute Gasteiger partial charge is 0.0861 e. The second-order valence-electron chi connectivity index (χ2n) is 18.8. The van der Waals surface area contributed by atoms with Crippen LogP contribution in [0.5, 0.6) is 0 Å². The lowest BCUT2D eigenvalue weighted by Crippen LogP contribution is -2.28. The molecule has 2 aliphatic rings. The lowest BCUT2D eigenvalue weighted by Gasteiger charge is -2.40. The van der Waals surface area contributed by atoms with E-state index in [0.717, 1.165) is 36.1 Å². The first-order valence-electron chi connectivity index (χ1n) is 24.8. The molecule has 0 N–H and O–H groups in total. The Morgan fingerprint density at radius 2 is 0.831 bits per heavy atom. The SMILES string of the molecule is CCCCCCc1ccc(-c2ccc(C(OC(c3ccc(-c4ccc(CCCCCC)cn4)cc3)C3CCC(CCCC)CC3)C3CCC(CCCC)CC3)cc2)nc1. The highest BCUT2D eigenvalue weighted by molar-refractivity contribution is 5.60. The van der Waals surface area contributed by atoms with E-state index in [1.165, 1.54) is 175 Å². The third-order valence-corrected chi connectivity index (χ3v) is 14.2. The summed E-state index contributed by atoms with van der Waals surface area (Å²) in [6, 6.07) is 27.8. The van der Waals surface area contributed by atoms with Gasteiger partial charge in [-0.1, -0.05) is 191 Å². The van der Waals surface area contributed by atoms with Gasteiger partial charge in [-0.15, -0.1) is 0 Å². The first-order chi connectivity index (χ1) is 29.1. The van der Waals surface area contributed by atoms with Crippen LogP contribution in [0.1, 0.15) is 203 Å². The number of nitrogens with zero attached hydrogens (tertiary/aromatic N) is 2. The summed E-state index contributed by atoms with van der Waals surface area (Å²) in [6.07, 6.45) is 35.4. The number of hydrogen-bond donors (Lipinski definition) is 0. The van der Waals surface area contributed by atoms with Crippen molar-refractivity contribution in [2.75, 3.05) is 0 Å².